The minimum Gasteiger partial charge on any atom is -0.287 e. The molecule has 0 radical (unpaired) electrons. The molecule has 1 N–H and O–H groups in total. The SMILES string of the molecule is O=c1c(-c2cccc(C(F)(F)F)c2)c[nH]nc1-c1ccnn1-c1ccccc1F. The monoisotopic (exact) mass is 400 g/mol. The first-order valence-electron chi connectivity index (χ1n) is 8.41. The molecule has 2 aromatic heterocycles. The van der Waals surface area contributed by atoms with Crippen LogP contribution in [0.1, 0.15) is 5.56 Å². The van der Waals surface area contributed by atoms with Gasteiger partial charge in [0, 0.05) is 11.8 Å². The summed E-state index contributed by atoms with van der Waals surface area (Å²) in [7, 11) is 0. The first kappa shape index (κ1) is 18.6. The number of benzene rings is 2. The molecule has 0 amide bonds. The molecule has 0 aliphatic carbocycles. The molecular weight excluding hydrogens is 388 g/mol. The summed E-state index contributed by atoms with van der Waals surface area (Å²) in [6.07, 6.45) is -1.94. The molecule has 9 heteroatoms. The molecule has 4 rings (SSSR count). The Bertz CT molecular complexity index is 1240. The Morgan fingerprint density at radius 1 is 1.00 bits per heavy atom. The second-order valence-corrected chi connectivity index (χ2v) is 6.13. The average molecular weight is 400 g/mol. The van der Waals surface area contributed by atoms with Crippen LogP contribution in [0.5, 0.6) is 0 Å². The molecule has 5 nitrogen and oxygen atoms in total. The number of hydrogen-bond donors (Lipinski definition) is 1. The molecular formula is C20H12F4N4O. The second-order valence-electron chi connectivity index (χ2n) is 6.13. The van der Waals surface area contributed by atoms with Gasteiger partial charge in [-0.2, -0.15) is 23.4 Å². The number of para-hydroxylation sites is 1. The number of nitrogens with one attached hydrogen (secondary N) is 1. The molecule has 4 aromatic rings. The van der Waals surface area contributed by atoms with Crippen LogP contribution in [0.4, 0.5) is 17.6 Å². The predicted octanol–water partition coefficient (Wildman–Crippen LogP) is 4.45. The van der Waals surface area contributed by atoms with Crippen LogP contribution in [0.2, 0.25) is 0 Å². The van der Waals surface area contributed by atoms with Crippen LogP contribution >= 0.6 is 0 Å². The molecule has 2 heterocycles. The highest BCUT2D eigenvalue weighted by atomic mass is 19.4. The van der Waals surface area contributed by atoms with Gasteiger partial charge in [-0.15, -0.1) is 0 Å². The molecule has 0 saturated carbocycles. The Morgan fingerprint density at radius 3 is 2.55 bits per heavy atom. The van der Waals surface area contributed by atoms with Gasteiger partial charge in [0.2, 0.25) is 5.43 Å². The van der Waals surface area contributed by atoms with Crippen LogP contribution in [0.15, 0.2) is 71.8 Å². The fraction of sp³-hybridized carbons (Fsp3) is 0.0500. The van der Waals surface area contributed by atoms with E-state index in [9.17, 15) is 22.4 Å². The van der Waals surface area contributed by atoms with Crippen LogP contribution in [-0.4, -0.2) is 20.0 Å². The standard InChI is InChI=1S/C20H12F4N4O/c21-15-6-1-2-7-16(15)28-17(8-9-26-28)18-19(29)14(11-25-27-18)12-4-3-5-13(10-12)20(22,23)24/h1-11H,(H,25,29). The van der Waals surface area contributed by atoms with Crippen molar-refractivity contribution in [2.24, 2.45) is 0 Å². The van der Waals surface area contributed by atoms with E-state index >= 15 is 0 Å². The van der Waals surface area contributed by atoms with Gasteiger partial charge in [0.25, 0.3) is 0 Å². The molecule has 0 unspecified atom stereocenters. The molecule has 0 spiro atoms. The fourth-order valence-corrected chi connectivity index (χ4v) is 2.95. The van der Waals surface area contributed by atoms with Gasteiger partial charge in [0.05, 0.1) is 17.5 Å². The third-order valence-corrected chi connectivity index (χ3v) is 4.31. The Labute approximate surface area is 161 Å². The Kier molecular flexibility index (Phi) is 4.50. The Balaban J connectivity index is 1.86. The average Bonchev–Trinajstić information content (AvgIpc) is 3.17. The molecule has 2 aromatic carbocycles. The summed E-state index contributed by atoms with van der Waals surface area (Å²) in [5.74, 6) is -0.553. The van der Waals surface area contributed by atoms with Gasteiger partial charge in [0.15, 0.2) is 5.69 Å². The van der Waals surface area contributed by atoms with E-state index < -0.39 is 23.0 Å². The topological polar surface area (TPSA) is 63.6 Å². The van der Waals surface area contributed by atoms with Gasteiger partial charge in [-0.05, 0) is 35.9 Å². The van der Waals surface area contributed by atoms with E-state index in [-0.39, 0.29) is 28.2 Å². The summed E-state index contributed by atoms with van der Waals surface area (Å²) in [6, 6.07) is 11.8. The van der Waals surface area contributed by atoms with Crippen molar-refractivity contribution in [2.75, 3.05) is 0 Å². The third kappa shape index (κ3) is 3.42. The Morgan fingerprint density at radius 2 is 1.79 bits per heavy atom. The van der Waals surface area contributed by atoms with Crippen molar-refractivity contribution in [3.63, 3.8) is 0 Å². The highest BCUT2D eigenvalue weighted by Gasteiger charge is 2.30. The van der Waals surface area contributed by atoms with Gasteiger partial charge in [-0.3, -0.25) is 9.89 Å². The van der Waals surface area contributed by atoms with E-state index in [1.165, 1.54) is 53.5 Å². The quantitative estimate of drug-likeness (QED) is 0.517. The van der Waals surface area contributed by atoms with E-state index in [1.54, 1.807) is 6.07 Å². The maximum absolute atomic E-state index is 14.2. The van der Waals surface area contributed by atoms with Crippen LogP contribution in [0.3, 0.4) is 0 Å². The maximum Gasteiger partial charge on any atom is 0.416 e. The zero-order valence-corrected chi connectivity index (χ0v) is 14.6. The van der Waals surface area contributed by atoms with Crippen LogP contribution in [0.25, 0.3) is 28.2 Å². The molecule has 29 heavy (non-hydrogen) atoms. The summed E-state index contributed by atoms with van der Waals surface area (Å²) in [4.78, 5) is 13.0. The number of rotatable bonds is 3. The molecule has 0 aliphatic rings. The second kappa shape index (κ2) is 7.01. The van der Waals surface area contributed by atoms with Crippen molar-refractivity contribution in [3.05, 3.63) is 88.6 Å². The van der Waals surface area contributed by atoms with Crippen molar-refractivity contribution in [1.29, 1.82) is 0 Å². The minimum absolute atomic E-state index is 0.00221. The largest absolute Gasteiger partial charge is 0.416 e. The zero-order chi connectivity index (χ0) is 20.6. The lowest BCUT2D eigenvalue weighted by Gasteiger charge is -2.10. The number of alkyl halides is 3. The lowest BCUT2D eigenvalue weighted by molar-refractivity contribution is -0.137. The van der Waals surface area contributed by atoms with Crippen molar-refractivity contribution in [2.45, 2.75) is 6.18 Å². The summed E-state index contributed by atoms with van der Waals surface area (Å²) < 4.78 is 54.4. The zero-order valence-electron chi connectivity index (χ0n) is 14.6. The van der Waals surface area contributed by atoms with Gasteiger partial charge >= 0.3 is 6.18 Å². The van der Waals surface area contributed by atoms with Gasteiger partial charge in [-0.25, -0.2) is 9.07 Å². The maximum atomic E-state index is 14.2. The van der Waals surface area contributed by atoms with E-state index in [1.807, 2.05) is 0 Å². The number of nitrogens with zero attached hydrogens (tertiary/aromatic N) is 3. The normalized spacial score (nSPS) is 11.6. The Hall–Kier alpha value is -3.75. The molecule has 0 atom stereocenters. The number of hydrogen-bond acceptors (Lipinski definition) is 3. The number of halogens is 4. The molecule has 0 aliphatic heterocycles. The van der Waals surface area contributed by atoms with Gasteiger partial charge in [-0.1, -0.05) is 24.3 Å². The molecule has 0 bridgehead atoms. The minimum atomic E-state index is -4.54. The van der Waals surface area contributed by atoms with Crippen molar-refractivity contribution in [1.82, 2.24) is 20.0 Å². The number of aromatic nitrogens is 4. The summed E-state index contributed by atoms with van der Waals surface area (Å²) >= 11 is 0. The predicted molar refractivity (Wildman–Crippen MR) is 97.8 cm³/mol. The van der Waals surface area contributed by atoms with E-state index in [0.29, 0.717) is 0 Å². The number of aromatic amines is 1. The summed E-state index contributed by atoms with van der Waals surface area (Å²) in [5.41, 5.74) is -1.18. The van der Waals surface area contributed by atoms with Crippen molar-refractivity contribution < 1.29 is 17.6 Å². The van der Waals surface area contributed by atoms with Gasteiger partial charge in [0.1, 0.15) is 11.5 Å². The highest BCUT2D eigenvalue weighted by Crippen LogP contribution is 2.31. The molecule has 146 valence electrons. The van der Waals surface area contributed by atoms with E-state index in [2.05, 4.69) is 15.3 Å². The van der Waals surface area contributed by atoms with Crippen LogP contribution in [-0.2, 0) is 6.18 Å². The lowest BCUT2D eigenvalue weighted by atomic mass is 10.0. The summed E-state index contributed by atoms with van der Waals surface area (Å²) in [6.45, 7) is 0. The van der Waals surface area contributed by atoms with E-state index in [4.69, 9.17) is 0 Å². The van der Waals surface area contributed by atoms with Crippen molar-refractivity contribution in [3.8, 4) is 28.2 Å². The van der Waals surface area contributed by atoms with E-state index in [0.717, 1.165) is 12.1 Å². The van der Waals surface area contributed by atoms with Crippen LogP contribution < -0.4 is 5.43 Å². The first-order chi connectivity index (χ1) is 13.9. The fourth-order valence-electron chi connectivity index (χ4n) is 2.95. The molecule has 0 fully saturated rings. The van der Waals surface area contributed by atoms with Crippen LogP contribution in [0, 0.1) is 5.82 Å². The van der Waals surface area contributed by atoms with Crippen molar-refractivity contribution >= 4 is 0 Å². The summed E-state index contributed by atoms with van der Waals surface area (Å²) in [5, 5.41) is 10.5. The molecule has 0 saturated heterocycles. The first-order valence-corrected chi connectivity index (χ1v) is 8.41. The highest BCUT2D eigenvalue weighted by molar-refractivity contribution is 5.69. The third-order valence-electron chi connectivity index (χ3n) is 4.31. The number of H-pyrrole nitrogens is 1. The van der Waals surface area contributed by atoms with Gasteiger partial charge < -0.3 is 0 Å². The smallest absolute Gasteiger partial charge is 0.287 e. The lowest BCUT2D eigenvalue weighted by Crippen LogP contribution is -2.15.